The monoisotopic (exact) mass is 373 g/mol. The number of hydrogen-bond acceptors (Lipinski definition) is 5. The second-order valence-electron chi connectivity index (χ2n) is 6.97. The molecule has 2 aliphatic heterocycles. The van der Waals surface area contributed by atoms with Crippen LogP contribution in [0.3, 0.4) is 0 Å². The first-order valence-electron chi connectivity index (χ1n) is 9.11. The normalized spacial score (nSPS) is 20.3. The van der Waals surface area contributed by atoms with Crippen molar-refractivity contribution in [3.05, 3.63) is 29.8 Å². The Balaban J connectivity index is 1.55. The molecule has 8 heteroatoms. The molecule has 144 valence electrons. The van der Waals surface area contributed by atoms with E-state index in [1.165, 1.54) is 17.1 Å². The van der Waals surface area contributed by atoms with Gasteiger partial charge in [-0.2, -0.15) is 0 Å². The maximum absolute atomic E-state index is 12.2. The van der Waals surface area contributed by atoms with Gasteiger partial charge in [0.2, 0.25) is 11.8 Å². The number of carbonyl (C=O) groups excluding carboxylic acids is 4. The topological polar surface area (TPSA) is 96.0 Å². The minimum absolute atomic E-state index is 0.146. The first kappa shape index (κ1) is 18.9. The minimum atomic E-state index is -0.603. The van der Waals surface area contributed by atoms with Crippen LogP contribution in [0.5, 0.6) is 0 Å². The van der Waals surface area contributed by atoms with Crippen molar-refractivity contribution < 1.29 is 23.9 Å². The molecule has 0 radical (unpaired) electrons. The molecule has 1 atom stereocenters. The highest BCUT2D eigenvalue weighted by Gasteiger charge is 2.25. The molecule has 3 amide bonds. The van der Waals surface area contributed by atoms with Crippen molar-refractivity contribution in [1.29, 1.82) is 0 Å². The van der Waals surface area contributed by atoms with E-state index in [0.717, 1.165) is 12.8 Å². The molecule has 0 bridgehead atoms. The fourth-order valence-electron chi connectivity index (χ4n) is 3.25. The average Bonchev–Trinajstić information content (AvgIpc) is 2.68. The van der Waals surface area contributed by atoms with E-state index < -0.39 is 5.97 Å². The molecule has 2 aliphatic rings. The number of rotatable bonds is 4. The summed E-state index contributed by atoms with van der Waals surface area (Å²) in [4.78, 5) is 49.4. The molecule has 0 saturated carbocycles. The number of esters is 1. The molecule has 1 unspecified atom stereocenters. The van der Waals surface area contributed by atoms with Gasteiger partial charge >= 0.3 is 5.97 Å². The van der Waals surface area contributed by atoms with Gasteiger partial charge in [0.25, 0.3) is 5.91 Å². The van der Waals surface area contributed by atoms with Crippen molar-refractivity contribution in [2.24, 2.45) is 5.92 Å². The summed E-state index contributed by atoms with van der Waals surface area (Å²) < 4.78 is 5.12. The summed E-state index contributed by atoms with van der Waals surface area (Å²) in [6.45, 7) is 3.21. The largest absolute Gasteiger partial charge is 0.452 e. The van der Waals surface area contributed by atoms with Crippen molar-refractivity contribution in [3.8, 4) is 0 Å². The molecular formula is C19H23N3O5. The van der Waals surface area contributed by atoms with Gasteiger partial charge in [-0.15, -0.1) is 0 Å². The number of nitrogens with zero attached hydrogens (tertiary/aromatic N) is 2. The van der Waals surface area contributed by atoms with Crippen LogP contribution in [-0.2, 0) is 19.1 Å². The Bertz CT molecular complexity index is 746. The fourth-order valence-corrected chi connectivity index (χ4v) is 3.25. The van der Waals surface area contributed by atoms with E-state index in [1.54, 1.807) is 17.0 Å². The zero-order valence-corrected chi connectivity index (χ0v) is 15.3. The van der Waals surface area contributed by atoms with Crippen molar-refractivity contribution in [1.82, 2.24) is 10.3 Å². The lowest BCUT2D eigenvalue weighted by atomic mass is 10.0. The summed E-state index contributed by atoms with van der Waals surface area (Å²) in [5, 5.41) is 1.17. The summed E-state index contributed by atoms with van der Waals surface area (Å²) in [6.07, 6.45) is 2.39. The number of carbonyl (C=O) groups is 4. The Morgan fingerprint density at radius 2 is 1.93 bits per heavy atom. The molecule has 0 aliphatic carbocycles. The Kier molecular flexibility index (Phi) is 5.73. The molecule has 2 fully saturated rings. The van der Waals surface area contributed by atoms with Crippen molar-refractivity contribution in [2.75, 3.05) is 24.7 Å². The summed E-state index contributed by atoms with van der Waals surface area (Å²) in [5.41, 5.74) is 3.22. The highest BCUT2D eigenvalue weighted by atomic mass is 16.5. The zero-order valence-electron chi connectivity index (χ0n) is 15.3. The zero-order chi connectivity index (χ0) is 19.4. The first-order chi connectivity index (χ1) is 12.9. The molecule has 0 aromatic heterocycles. The lowest BCUT2D eigenvalue weighted by Gasteiger charge is -2.30. The Morgan fingerprint density at radius 3 is 2.63 bits per heavy atom. The van der Waals surface area contributed by atoms with Crippen LogP contribution in [0.25, 0.3) is 0 Å². The van der Waals surface area contributed by atoms with E-state index in [4.69, 9.17) is 4.74 Å². The van der Waals surface area contributed by atoms with Crippen LogP contribution < -0.4 is 10.4 Å². The highest BCUT2D eigenvalue weighted by molar-refractivity contribution is 6.01. The van der Waals surface area contributed by atoms with Crippen LogP contribution in [-0.4, -0.2) is 48.3 Å². The molecule has 27 heavy (non-hydrogen) atoms. The molecule has 8 nitrogen and oxygen atoms in total. The Hall–Kier alpha value is -2.90. The van der Waals surface area contributed by atoms with Gasteiger partial charge in [0.05, 0.1) is 11.3 Å². The average molecular weight is 373 g/mol. The third-order valence-corrected chi connectivity index (χ3v) is 4.75. The minimum Gasteiger partial charge on any atom is -0.452 e. The van der Waals surface area contributed by atoms with Gasteiger partial charge < -0.3 is 9.64 Å². The number of hydrogen-bond donors (Lipinski definition) is 1. The molecule has 0 spiro atoms. The van der Waals surface area contributed by atoms with E-state index in [1.807, 2.05) is 0 Å². The predicted molar refractivity (Wildman–Crippen MR) is 96.6 cm³/mol. The van der Waals surface area contributed by atoms with Crippen molar-refractivity contribution >= 4 is 29.4 Å². The molecule has 2 heterocycles. The maximum atomic E-state index is 12.2. The maximum Gasteiger partial charge on any atom is 0.338 e. The molecule has 1 aromatic rings. The van der Waals surface area contributed by atoms with Crippen LogP contribution in [0.2, 0.25) is 0 Å². The summed E-state index contributed by atoms with van der Waals surface area (Å²) in [6, 6.07) is 6.10. The van der Waals surface area contributed by atoms with Crippen LogP contribution in [0.1, 0.15) is 43.0 Å². The summed E-state index contributed by atoms with van der Waals surface area (Å²) in [7, 11) is 0. The molecular weight excluding hydrogens is 350 g/mol. The van der Waals surface area contributed by atoms with Gasteiger partial charge in [-0.05, 0) is 43.0 Å². The van der Waals surface area contributed by atoms with Crippen molar-refractivity contribution in [3.63, 3.8) is 0 Å². The third-order valence-electron chi connectivity index (χ3n) is 4.75. The lowest BCUT2D eigenvalue weighted by molar-refractivity contribution is -0.136. The number of benzene rings is 1. The number of piperidine rings is 1. The lowest BCUT2D eigenvalue weighted by Crippen LogP contribution is -2.50. The van der Waals surface area contributed by atoms with Gasteiger partial charge in [0.1, 0.15) is 0 Å². The van der Waals surface area contributed by atoms with Gasteiger partial charge in [0, 0.05) is 25.9 Å². The molecule has 3 rings (SSSR count). The quantitative estimate of drug-likeness (QED) is 0.802. The second-order valence-corrected chi connectivity index (χ2v) is 6.97. The van der Waals surface area contributed by atoms with E-state index >= 15 is 0 Å². The van der Waals surface area contributed by atoms with Gasteiger partial charge in [0.15, 0.2) is 6.61 Å². The standard InChI is InChI=1S/C19H23N3O5/c1-13-3-2-10-21(11-13)18(25)12-27-19(26)14-4-6-15(7-5-14)22-17(24)9-8-16(23)20-22/h4-7,13H,2-3,8-12H2,1H3,(H,20,23). The molecule has 1 N–H and O–H groups in total. The Morgan fingerprint density at radius 1 is 1.19 bits per heavy atom. The van der Waals surface area contributed by atoms with Crippen LogP contribution in [0.4, 0.5) is 5.69 Å². The fraction of sp³-hybridized carbons (Fsp3) is 0.474. The predicted octanol–water partition coefficient (Wildman–Crippen LogP) is 1.26. The second kappa shape index (κ2) is 8.20. The number of amides is 3. The number of hydrazine groups is 1. The van der Waals surface area contributed by atoms with Gasteiger partial charge in [-0.3, -0.25) is 19.8 Å². The smallest absolute Gasteiger partial charge is 0.338 e. The number of ether oxygens (including phenoxy) is 1. The van der Waals surface area contributed by atoms with Crippen molar-refractivity contribution in [2.45, 2.75) is 32.6 Å². The van der Waals surface area contributed by atoms with Gasteiger partial charge in [-0.25, -0.2) is 9.80 Å². The number of likely N-dealkylation sites (tertiary alicyclic amines) is 1. The summed E-state index contributed by atoms with van der Waals surface area (Å²) >= 11 is 0. The van der Waals surface area contributed by atoms with E-state index in [9.17, 15) is 19.2 Å². The Labute approximate surface area is 157 Å². The number of nitrogens with one attached hydrogen (secondary N) is 1. The third kappa shape index (κ3) is 4.64. The van der Waals surface area contributed by atoms with Gasteiger partial charge in [-0.1, -0.05) is 6.92 Å². The van der Waals surface area contributed by atoms with E-state index in [2.05, 4.69) is 12.3 Å². The molecule has 2 saturated heterocycles. The first-order valence-corrected chi connectivity index (χ1v) is 9.11. The van der Waals surface area contributed by atoms with E-state index in [0.29, 0.717) is 24.7 Å². The van der Waals surface area contributed by atoms with E-state index in [-0.39, 0.29) is 42.7 Å². The summed E-state index contributed by atoms with van der Waals surface area (Å²) in [5.74, 6) is -0.777. The highest BCUT2D eigenvalue weighted by Crippen LogP contribution is 2.19. The van der Waals surface area contributed by atoms with Crippen LogP contribution in [0, 0.1) is 5.92 Å². The van der Waals surface area contributed by atoms with Crippen LogP contribution >= 0.6 is 0 Å². The SMILES string of the molecule is CC1CCCN(C(=O)COC(=O)c2ccc(N3NC(=O)CCC3=O)cc2)C1. The van der Waals surface area contributed by atoms with Crippen LogP contribution in [0.15, 0.2) is 24.3 Å². The number of anilines is 1. The molecule has 1 aromatic carbocycles.